The van der Waals surface area contributed by atoms with Crippen LogP contribution in [-0.4, -0.2) is 21.8 Å². The van der Waals surface area contributed by atoms with Crippen LogP contribution in [0.4, 0.5) is 0 Å². The Morgan fingerprint density at radius 1 is 1.54 bits per heavy atom. The molecular formula is C7H11N2O3P. The molecule has 0 amide bonds. The fourth-order valence-electron chi connectivity index (χ4n) is 0.909. The Labute approximate surface area is 76.0 Å². The molecule has 0 fully saturated rings. The van der Waals surface area contributed by atoms with Gasteiger partial charge in [-0.3, -0.25) is 4.57 Å². The molecular weight excluding hydrogens is 191 g/mol. The summed E-state index contributed by atoms with van der Waals surface area (Å²) in [5.41, 5.74) is 0.434. The van der Waals surface area contributed by atoms with Crippen LogP contribution in [-0.2, 0) is 11.1 Å². The molecule has 0 aliphatic heterocycles. The minimum absolute atomic E-state index is 0.180. The van der Waals surface area contributed by atoms with E-state index in [1.165, 1.54) is 6.07 Å². The molecule has 0 spiro atoms. The lowest BCUT2D eigenvalue weighted by Gasteiger charge is -2.04. The summed E-state index contributed by atoms with van der Waals surface area (Å²) in [6.07, 6.45) is 0. The van der Waals surface area contributed by atoms with Gasteiger partial charge in [0.1, 0.15) is 0 Å². The van der Waals surface area contributed by atoms with E-state index in [1.807, 2.05) is 0 Å². The molecule has 1 aromatic rings. The first-order valence-corrected chi connectivity index (χ1v) is 5.32. The third-order valence-electron chi connectivity index (χ3n) is 1.45. The van der Waals surface area contributed by atoms with E-state index in [0.29, 0.717) is 12.2 Å². The minimum Gasteiger partial charge on any atom is -0.320 e. The number of aromatic nitrogens is 1. The van der Waals surface area contributed by atoms with Crippen LogP contribution in [0.25, 0.3) is 0 Å². The van der Waals surface area contributed by atoms with Crippen LogP contribution < -0.4 is 10.8 Å². The predicted octanol–water partition coefficient (Wildman–Crippen LogP) is -0.396. The average molecular weight is 202 g/mol. The highest BCUT2D eigenvalue weighted by Gasteiger charge is 2.18. The molecule has 1 aromatic heterocycles. The van der Waals surface area contributed by atoms with Crippen molar-refractivity contribution >= 4 is 13.0 Å². The second-order valence-electron chi connectivity index (χ2n) is 2.56. The average Bonchev–Trinajstić information content (AvgIpc) is 2.04. The van der Waals surface area contributed by atoms with E-state index < -0.39 is 7.60 Å². The number of pyridine rings is 1. The fraction of sp³-hybridized carbons (Fsp3) is 0.286. The summed E-state index contributed by atoms with van der Waals surface area (Å²) >= 11 is 0. The minimum atomic E-state index is -4.21. The standard InChI is InChI=1S/C7H11N2O3P/c1-8-5-6-3-2-4-7(9-6)13(10,11)12/h2-4,8H,5H2,1H3,(H2,10,11,12). The summed E-state index contributed by atoms with van der Waals surface area (Å²) < 4.78 is 10.8. The van der Waals surface area contributed by atoms with Crippen LogP contribution in [0, 0.1) is 0 Å². The van der Waals surface area contributed by atoms with Crippen molar-refractivity contribution in [2.45, 2.75) is 6.54 Å². The van der Waals surface area contributed by atoms with Crippen molar-refractivity contribution in [3.05, 3.63) is 23.9 Å². The molecule has 13 heavy (non-hydrogen) atoms. The van der Waals surface area contributed by atoms with Gasteiger partial charge in [-0.2, -0.15) is 0 Å². The lowest BCUT2D eigenvalue weighted by Crippen LogP contribution is -2.14. The highest BCUT2D eigenvalue weighted by molar-refractivity contribution is 7.60. The molecule has 72 valence electrons. The van der Waals surface area contributed by atoms with Crippen molar-refractivity contribution in [1.82, 2.24) is 10.3 Å². The van der Waals surface area contributed by atoms with Gasteiger partial charge in [-0.1, -0.05) is 6.07 Å². The first-order chi connectivity index (χ1) is 6.04. The first kappa shape index (κ1) is 10.3. The topological polar surface area (TPSA) is 82.5 Å². The lowest BCUT2D eigenvalue weighted by molar-refractivity contribution is 0.386. The highest BCUT2D eigenvalue weighted by atomic mass is 31.2. The molecule has 0 atom stereocenters. The zero-order chi connectivity index (χ0) is 9.90. The maximum Gasteiger partial charge on any atom is 0.374 e. The first-order valence-electron chi connectivity index (χ1n) is 3.70. The van der Waals surface area contributed by atoms with Gasteiger partial charge in [-0.25, -0.2) is 4.98 Å². The van der Waals surface area contributed by atoms with Crippen molar-refractivity contribution in [3.8, 4) is 0 Å². The maximum absolute atomic E-state index is 10.8. The van der Waals surface area contributed by atoms with Gasteiger partial charge < -0.3 is 15.1 Å². The Hall–Kier alpha value is -0.740. The van der Waals surface area contributed by atoms with Crippen LogP contribution in [0.3, 0.4) is 0 Å². The van der Waals surface area contributed by atoms with Crippen molar-refractivity contribution in [3.63, 3.8) is 0 Å². The molecule has 0 aliphatic carbocycles. The van der Waals surface area contributed by atoms with E-state index in [2.05, 4.69) is 10.3 Å². The van der Waals surface area contributed by atoms with Crippen LogP contribution in [0.15, 0.2) is 18.2 Å². The van der Waals surface area contributed by atoms with Crippen molar-refractivity contribution in [2.24, 2.45) is 0 Å². The van der Waals surface area contributed by atoms with Crippen LogP contribution >= 0.6 is 7.60 Å². The molecule has 0 unspecified atom stereocenters. The van der Waals surface area contributed by atoms with Gasteiger partial charge in [0, 0.05) is 6.54 Å². The second-order valence-corrected chi connectivity index (χ2v) is 4.11. The number of rotatable bonds is 3. The van der Waals surface area contributed by atoms with Crippen LogP contribution in [0.2, 0.25) is 0 Å². The number of nitrogens with one attached hydrogen (secondary N) is 1. The molecule has 1 rings (SSSR count). The van der Waals surface area contributed by atoms with E-state index in [1.54, 1.807) is 19.2 Å². The van der Waals surface area contributed by atoms with Gasteiger partial charge in [-0.15, -0.1) is 0 Å². The molecule has 0 aliphatic rings. The summed E-state index contributed by atoms with van der Waals surface area (Å²) in [5.74, 6) is 0. The van der Waals surface area contributed by atoms with E-state index in [-0.39, 0.29) is 5.44 Å². The predicted molar refractivity (Wildman–Crippen MR) is 48.7 cm³/mol. The molecule has 6 heteroatoms. The number of hydrogen-bond donors (Lipinski definition) is 3. The normalized spacial score (nSPS) is 11.6. The number of hydrogen-bond acceptors (Lipinski definition) is 3. The monoisotopic (exact) mass is 202 g/mol. The lowest BCUT2D eigenvalue weighted by atomic mass is 10.3. The Balaban J connectivity index is 2.99. The van der Waals surface area contributed by atoms with Crippen LogP contribution in [0.1, 0.15) is 5.69 Å². The summed E-state index contributed by atoms with van der Waals surface area (Å²) in [7, 11) is -2.47. The Morgan fingerprint density at radius 2 is 2.23 bits per heavy atom. The van der Waals surface area contributed by atoms with Crippen LogP contribution in [0.5, 0.6) is 0 Å². The molecule has 3 N–H and O–H groups in total. The van der Waals surface area contributed by atoms with Gasteiger partial charge in [0.25, 0.3) is 0 Å². The maximum atomic E-state index is 10.8. The summed E-state index contributed by atoms with van der Waals surface area (Å²) in [6, 6.07) is 4.60. The van der Waals surface area contributed by atoms with E-state index in [4.69, 9.17) is 9.79 Å². The zero-order valence-electron chi connectivity index (χ0n) is 7.14. The molecule has 0 saturated heterocycles. The molecule has 0 aromatic carbocycles. The third kappa shape index (κ3) is 2.90. The van der Waals surface area contributed by atoms with E-state index in [9.17, 15) is 4.57 Å². The van der Waals surface area contributed by atoms with Crippen molar-refractivity contribution in [2.75, 3.05) is 7.05 Å². The smallest absolute Gasteiger partial charge is 0.320 e. The zero-order valence-corrected chi connectivity index (χ0v) is 8.03. The third-order valence-corrected chi connectivity index (χ3v) is 2.29. The van der Waals surface area contributed by atoms with Gasteiger partial charge in [0.15, 0.2) is 5.44 Å². The van der Waals surface area contributed by atoms with Crippen molar-refractivity contribution in [1.29, 1.82) is 0 Å². The molecule has 0 saturated carbocycles. The molecule has 0 bridgehead atoms. The van der Waals surface area contributed by atoms with Gasteiger partial charge in [0.05, 0.1) is 5.69 Å². The van der Waals surface area contributed by atoms with E-state index in [0.717, 1.165) is 0 Å². The summed E-state index contributed by atoms with van der Waals surface area (Å²) in [5, 5.41) is 2.85. The summed E-state index contributed by atoms with van der Waals surface area (Å²) in [4.78, 5) is 21.4. The van der Waals surface area contributed by atoms with Gasteiger partial charge in [-0.05, 0) is 19.2 Å². The SMILES string of the molecule is CNCc1cccc(P(=O)(O)O)n1. The molecule has 1 heterocycles. The summed E-state index contributed by atoms with van der Waals surface area (Å²) in [6.45, 7) is 0.494. The van der Waals surface area contributed by atoms with Crippen molar-refractivity contribution < 1.29 is 14.4 Å². The quantitative estimate of drug-likeness (QED) is 0.581. The number of nitrogens with zero attached hydrogens (tertiary/aromatic N) is 1. The molecule has 5 nitrogen and oxygen atoms in total. The largest absolute Gasteiger partial charge is 0.374 e. The fourth-order valence-corrected chi connectivity index (χ4v) is 1.45. The van der Waals surface area contributed by atoms with E-state index >= 15 is 0 Å². The Morgan fingerprint density at radius 3 is 2.77 bits per heavy atom. The highest BCUT2D eigenvalue weighted by Crippen LogP contribution is 2.31. The second kappa shape index (κ2) is 3.98. The van der Waals surface area contributed by atoms with Gasteiger partial charge in [0.2, 0.25) is 0 Å². The Kier molecular flexibility index (Phi) is 3.17. The van der Waals surface area contributed by atoms with Gasteiger partial charge >= 0.3 is 7.60 Å². The Bertz CT molecular complexity index is 336. The molecule has 0 radical (unpaired) electrons.